The molecule has 0 heterocycles. The fourth-order valence-corrected chi connectivity index (χ4v) is 1.97. The van der Waals surface area contributed by atoms with Gasteiger partial charge in [-0.05, 0) is 43.0 Å². The molecule has 17 heavy (non-hydrogen) atoms. The molecular formula is C13H16ClFO2. The standard InChI is InChI=1S/C13H16ClFO2/c1-4-9(13(16)17-3)6-10-7-12(15)8(2)5-11(10)14/h5,7,9H,4,6H2,1-3H3. The number of halogens is 2. The number of esters is 1. The maximum absolute atomic E-state index is 13.4. The highest BCUT2D eigenvalue weighted by atomic mass is 35.5. The van der Waals surface area contributed by atoms with E-state index in [0.717, 1.165) is 0 Å². The predicted octanol–water partition coefficient (Wildman–Crippen LogP) is 3.53. The van der Waals surface area contributed by atoms with E-state index in [1.807, 2.05) is 6.92 Å². The van der Waals surface area contributed by atoms with Crippen molar-refractivity contribution in [1.29, 1.82) is 0 Å². The highest BCUT2D eigenvalue weighted by molar-refractivity contribution is 6.31. The molecule has 2 nitrogen and oxygen atoms in total. The molecule has 0 amide bonds. The Morgan fingerprint density at radius 1 is 1.53 bits per heavy atom. The predicted molar refractivity (Wildman–Crippen MR) is 65.6 cm³/mol. The van der Waals surface area contributed by atoms with Gasteiger partial charge < -0.3 is 4.74 Å². The van der Waals surface area contributed by atoms with Crippen LogP contribution < -0.4 is 0 Å². The molecule has 0 aliphatic heterocycles. The van der Waals surface area contributed by atoms with Gasteiger partial charge in [0.1, 0.15) is 5.82 Å². The summed E-state index contributed by atoms with van der Waals surface area (Å²) in [6, 6.07) is 2.97. The van der Waals surface area contributed by atoms with Gasteiger partial charge in [-0.3, -0.25) is 4.79 Å². The lowest BCUT2D eigenvalue weighted by atomic mass is 9.96. The largest absolute Gasteiger partial charge is 0.469 e. The number of hydrogen-bond donors (Lipinski definition) is 0. The minimum absolute atomic E-state index is 0.278. The van der Waals surface area contributed by atoms with E-state index in [2.05, 4.69) is 0 Å². The molecule has 0 bridgehead atoms. The second kappa shape index (κ2) is 6.01. The molecule has 0 aromatic heterocycles. The number of rotatable bonds is 4. The lowest BCUT2D eigenvalue weighted by molar-refractivity contribution is -0.145. The maximum Gasteiger partial charge on any atom is 0.308 e. The van der Waals surface area contributed by atoms with E-state index in [4.69, 9.17) is 16.3 Å². The molecule has 1 rings (SSSR count). The van der Waals surface area contributed by atoms with E-state index in [9.17, 15) is 9.18 Å². The number of carbonyl (C=O) groups excluding carboxylic acids is 1. The summed E-state index contributed by atoms with van der Waals surface area (Å²) in [5.41, 5.74) is 1.15. The summed E-state index contributed by atoms with van der Waals surface area (Å²) in [7, 11) is 1.35. The molecule has 1 unspecified atom stereocenters. The SMILES string of the molecule is CCC(Cc1cc(F)c(C)cc1Cl)C(=O)OC. The smallest absolute Gasteiger partial charge is 0.308 e. The van der Waals surface area contributed by atoms with Crippen LogP contribution in [0.1, 0.15) is 24.5 Å². The summed E-state index contributed by atoms with van der Waals surface area (Å²) in [5, 5.41) is 0.492. The molecule has 1 aromatic carbocycles. The van der Waals surface area contributed by atoms with Crippen LogP contribution in [0.5, 0.6) is 0 Å². The van der Waals surface area contributed by atoms with Crippen LogP contribution in [0.3, 0.4) is 0 Å². The number of benzene rings is 1. The zero-order valence-corrected chi connectivity index (χ0v) is 11.0. The van der Waals surface area contributed by atoms with Crippen LogP contribution in [0.15, 0.2) is 12.1 Å². The zero-order valence-electron chi connectivity index (χ0n) is 10.2. The van der Waals surface area contributed by atoms with E-state index in [0.29, 0.717) is 29.0 Å². The fraction of sp³-hybridized carbons (Fsp3) is 0.462. The van der Waals surface area contributed by atoms with Gasteiger partial charge in [0, 0.05) is 5.02 Å². The van der Waals surface area contributed by atoms with Gasteiger partial charge in [0.05, 0.1) is 13.0 Å². The second-order valence-electron chi connectivity index (χ2n) is 4.03. The van der Waals surface area contributed by atoms with Gasteiger partial charge >= 0.3 is 5.97 Å². The van der Waals surface area contributed by atoms with E-state index in [1.165, 1.54) is 13.2 Å². The van der Waals surface area contributed by atoms with Crippen LogP contribution in [0.4, 0.5) is 4.39 Å². The van der Waals surface area contributed by atoms with Crippen molar-refractivity contribution in [3.63, 3.8) is 0 Å². The summed E-state index contributed by atoms with van der Waals surface area (Å²) in [6.45, 7) is 3.54. The highest BCUT2D eigenvalue weighted by Gasteiger charge is 2.19. The normalized spacial score (nSPS) is 12.3. The number of hydrogen-bond acceptors (Lipinski definition) is 2. The van der Waals surface area contributed by atoms with Crippen LogP contribution in [0.2, 0.25) is 5.02 Å². The number of aryl methyl sites for hydroxylation is 1. The van der Waals surface area contributed by atoms with Gasteiger partial charge in [-0.25, -0.2) is 4.39 Å². The van der Waals surface area contributed by atoms with Crippen LogP contribution >= 0.6 is 11.6 Å². The van der Waals surface area contributed by atoms with Crippen molar-refractivity contribution in [3.8, 4) is 0 Å². The summed E-state index contributed by atoms with van der Waals surface area (Å²) in [6.07, 6.45) is 1.04. The van der Waals surface area contributed by atoms with Gasteiger partial charge in [-0.2, -0.15) is 0 Å². The molecule has 0 fully saturated rings. The summed E-state index contributed by atoms with van der Waals surface area (Å²) in [4.78, 5) is 11.5. The molecule has 0 aliphatic carbocycles. The molecule has 0 N–H and O–H groups in total. The van der Waals surface area contributed by atoms with Gasteiger partial charge in [-0.1, -0.05) is 18.5 Å². The Balaban J connectivity index is 2.94. The van der Waals surface area contributed by atoms with E-state index < -0.39 is 0 Å². The maximum atomic E-state index is 13.4. The molecule has 0 radical (unpaired) electrons. The first-order valence-electron chi connectivity index (χ1n) is 5.51. The third-order valence-electron chi connectivity index (χ3n) is 2.82. The van der Waals surface area contributed by atoms with E-state index in [-0.39, 0.29) is 17.7 Å². The number of ether oxygens (including phenoxy) is 1. The van der Waals surface area contributed by atoms with Gasteiger partial charge in [0.25, 0.3) is 0 Å². The summed E-state index contributed by atoms with van der Waals surface area (Å²) in [5.74, 6) is -0.867. The van der Waals surface area contributed by atoms with Gasteiger partial charge in [0.15, 0.2) is 0 Å². The van der Waals surface area contributed by atoms with Crippen molar-refractivity contribution in [2.45, 2.75) is 26.7 Å². The Bertz CT molecular complexity index is 418. The average molecular weight is 259 g/mol. The minimum atomic E-state index is -0.302. The Morgan fingerprint density at radius 3 is 2.71 bits per heavy atom. The van der Waals surface area contributed by atoms with Gasteiger partial charge in [0.2, 0.25) is 0 Å². The van der Waals surface area contributed by atoms with Crippen molar-refractivity contribution in [1.82, 2.24) is 0 Å². The average Bonchev–Trinajstić information content (AvgIpc) is 2.31. The molecule has 94 valence electrons. The molecule has 0 saturated heterocycles. The Kier molecular flexibility index (Phi) is 4.94. The van der Waals surface area contributed by atoms with Crippen molar-refractivity contribution >= 4 is 17.6 Å². The molecule has 1 atom stereocenters. The Labute approximate surface area is 106 Å². The van der Waals surface area contributed by atoms with Crippen molar-refractivity contribution < 1.29 is 13.9 Å². The quantitative estimate of drug-likeness (QED) is 0.773. The van der Waals surface area contributed by atoms with E-state index >= 15 is 0 Å². The first-order chi connectivity index (χ1) is 7.99. The highest BCUT2D eigenvalue weighted by Crippen LogP contribution is 2.24. The van der Waals surface area contributed by atoms with E-state index in [1.54, 1.807) is 13.0 Å². The molecule has 0 spiro atoms. The molecule has 1 aromatic rings. The molecular weight excluding hydrogens is 243 g/mol. The number of carbonyl (C=O) groups is 1. The first-order valence-corrected chi connectivity index (χ1v) is 5.89. The Hall–Kier alpha value is -1.09. The molecule has 4 heteroatoms. The second-order valence-corrected chi connectivity index (χ2v) is 4.43. The van der Waals surface area contributed by atoms with Crippen LogP contribution in [0, 0.1) is 18.7 Å². The molecule has 0 aliphatic rings. The number of methoxy groups -OCH3 is 1. The lowest BCUT2D eigenvalue weighted by Gasteiger charge is -2.14. The third-order valence-corrected chi connectivity index (χ3v) is 3.17. The minimum Gasteiger partial charge on any atom is -0.469 e. The zero-order chi connectivity index (χ0) is 13.0. The third kappa shape index (κ3) is 3.43. The van der Waals surface area contributed by atoms with Gasteiger partial charge in [-0.15, -0.1) is 0 Å². The summed E-state index contributed by atoms with van der Waals surface area (Å²) < 4.78 is 18.1. The monoisotopic (exact) mass is 258 g/mol. The molecule has 0 saturated carbocycles. The van der Waals surface area contributed by atoms with Crippen molar-refractivity contribution in [2.75, 3.05) is 7.11 Å². The van der Waals surface area contributed by atoms with Crippen molar-refractivity contribution in [2.24, 2.45) is 5.92 Å². The Morgan fingerprint density at radius 2 is 2.18 bits per heavy atom. The summed E-state index contributed by atoms with van der Waals surface area (Å²) >= 11 is 6.03. The van der Waals surface area contributed by atoms with Crippen LogP contribution in [-0.2, 0) is 16.0 Å². The lowest BCUT2D eigenvalue weighted by Crippen LogP contribution is -2.18. The van der Waals surface area contributed by atoms with Crippen LogP contribution in [-0.4, -0.2) is 13.1 Å². The first kappa shape index (κ1) is 14.0. The van der Waals surface area contributed by atoms with Crippen molar-refractivity contribution in [3.05, 3.63) is 34.1 Å². The topological polar surface area (TPSA) is 26.3 Å². The van der Waals surface area contributed by atoms with Crippen LogP contribution in [0.25, 0.3) is 0 Å². The fourth-order valence-electron chi connectivity index (χ4n) is 1.67.